The van der Waals surface area contributed by atoms with E-state index in [9.17, 15) is 14.9 Å². The van der Waals surface area contributed by atoms with E-state index < -0.39 is 11.9 Å². The number of anilines is 1. The molecule has 0 saturated carbocycles. The molecule has 0 unspecified atom stereocenters. The van der Waals surface area contributed by atoms with Gasteiger partial charge in [0.15, 0.2) is 0 Å². The molecular weight excluding hydrogens is 414 g/mol. The third-order valence-corrected chi connectivity index (χ3v) is 5.24. The van der Waals surface area contributed by atoms with Gasteiger partial charge in [-0.1, -0.05) is 29.8 Å². The topological polar surface area (TPSA) is 101 Å². The molecule has 31 heavy (non-hydrogen) atoms. The maximum atomic E-state index is 11.9. The molecule has 1 aromatic heterocycles. The maximum absolute atomic E-state index is 11.9. The van der Waals surface area contributed by atoms with Crippen LogP contribution in [-0.2, 0) is 9.47 Å². The first-order chi connectivity index (χ1) is 14.9. The van der Waals surface area contributed by atoms with Crippen LogP contribution in [0, 0.1) is 18.3 Å². The molecule has 3 rings (SSSR count). The van der Waals surface area contributed by atoms with Crippen LogP contribution in [0.1, 0.15) is 31.3 Å². The van der Waals surface area contributed by atoms with Gasteiger partial charge in [0, 0.05) is 22.8 Å². The third-order valence-electron chi connectivity index (χ3n) is 4.36. The van der Waals surface area contributed by atoms with E-state index in [1.807, 2.05) is 36.6 Å². The first-order valence-corrected chi connectivity index (χ1v) is 10.0. The lowest BCUT2D eigenvalue weighted by Gasteiger charge is -2.08. The average molecular weight is 433 g/mol. The van der Waals surface area contributed by atoms with Gasteiger partial charge in [-0.2, -0.15) is 5.26 Å². The molecule has 0 aliphatic rings. The molecule has 156 valence electrons. The van der Waals surface area contributed by atoms with Crippen molar-refractivity contribution >= 4 is 34.5 Å². The number of carbonyl (C=O) groups is 2. The molecule has 0 aliphatic heterocycles. The van der Waals surface area contributed by atoms with E-state index in [1.165, 1.54) is 50.0 Å². The van der Waals surface area contributed by atoms with Crippen LogP contribution >= 0.6 is 11.3 Å². The van der Waals surface area contributed by atoms with Crippen LogP contribution < -0.4 is 5.32 Å². The van der Waals surface area contributed by atoms with Gasteiger partial charge in [0.1, 0.15) is 16.6 Å². The summed E-state index contributed by atoms with van der Waals surface area (Å²) in [7, 11) is 2.50. The lowest BCUT2D eigenvalue weighted by atomic mass is 10.1. The Kier molecular flexibility index (Phi) is 6.80. The highest BCUT2D eigenvalue weighted by molar-refractivity contribution is 7.11. The molecule has 0 amide bonds. The largest absolute Gasteiger partial charge is 0.465 e. The first kappa shape index (κ1) is 21.7. The van der Waals surface area contributed by atoms with Crippen molar-refractivity contribution in [3.8, 4) is 17.3 Å². The number of aromatic nitrogens is 1. The third kappa shape index (κ3) is 5.15. The van der Waals surface area contributed by atoms with E-state index in [0.29, 0.717) is 16.3 Å². The van der Waals surface area contributed by atoms with E-state index in [2.05, 4.69) is 16.4 Å². The fourth-order valence-electron chi connectivity index (χ4n) is 2.73. The predicted octanol–water partition coefficient (Wildman–Crippen LogP) is 4.67. The Morgan fingerprint density at radius 3 is 2.23 bits per heavy atom. The van der Waals surface area contributed by atoms with Crippen LogP contribution in [0.2, 0.25) is 0 Å². The Bertz CT molecular complexity index is 1160. The number of benzene rings is 2. The van der Waals surface area contributed by atoms with E-state index >= 15 is 0 Å². The molecule has 1 N–H and O–H groups in total. The van der Waals surface area contributed by atoms with Gasteiger partial charge in [-0.3, -0.25) is 0 Å². The van der Waals surface area contributed by atoms with Crippen LogP contribution in [0.3, 0.4) is 0 Å². The molecule has 7 nitrogen and oxygen atoms in total. The summed E-state index contributed by atoms with van der Waals surface area (Å²) in [6.45, 7) is 2.01. The molecule has 0 aliphatic carbocycles. The summed E-state index contributed by atoms with van der Waals surface area (Å²) in [5.74, 6) is -1.19. The van der Waals surface area contributed by atoms with Gasteiger partial charge >= 0.3 is 11.9 Å². The van der Waals surface area contributed by atoms with Gasteiger partial charge in [0.2, 0.25) is 0 Å². The summed E-state index contributed by atoms with van der Waals surface area (Å²) >= 11 is 1.35. The van der Waals surface area contributed by atoms with Crippen molar-refractivity contribution in [3.05, 3.63) is 75.7 Å². The Morgan fingerprint density at radius 2 is 1.68 bits per heavy atom. The number of hydrogen-bond donors (Lipinski definition) is 1. The lowest BCUT2D eigenvalue weighted by molar-refractivity contribution is 0.0599. The Hall–Kier alpha value is -3.96. The summed E-state index contributed by atoms with van der Waals surface area (Å²) in [4.78, 5) is 28.4. The van der Waals surface area contributed by atoms with Gasteiger partial charge in [-0.25, -0.2) is 14.6 Å². The van der Waals surface area contributed by atoms with E-state index in [4.69, 9.17) is 9.47 Å². The number of nitriles is 1. The normalized spacial score (nSPS) is 10.8. The summed E-state index contributed by atoms with van der Waals surface area (Å²) in [6, 6.07) is 14.5. The SMILES string of the molecule is COC(=O)c1cc(N/C=C(/C#N)c2nc(-c3ccc(C)cc3)cs2)cc(C(=O)OC)c1. The zero-order valence-electron chi connectivity index (χ0n) is 17.1. The molecule has 1 heterocycles. The van der Waals surface area contributed by atoms with Crippen molar-refractivity contribution < 1.29 is 19.1 Å². The molecule has 0 saturated heterocycles. The van der Waals surface area contributed by atoms with Gasteiger partial charge < -0.3 is 14.8 Å². The van der Waals surface area contributed by atoms with E-state index in [-0.39, 0.29) is 11.1 Å². The fourth-order valence-corrected chi connectivity index (χ4v) is 3.53. The highest BCUT2D eigenvalue weighted by Crippen LogP contribution is 2.26. The number of methoxy groups -OCH3 is 2. The minimum atomic E-state index is -0.596. The summed E-state index contributed by atoms with van der Waals surface area (Å²) in [6.07, 6.45) is 1.48. The van der Waals surface area contributed by atoms with Gasteiger partial charge in [0.25, 0.3) is 0 Å². The average Bonchev–Trinajstić information content (AvgIpc) is 3.28. The van der Waals surface area contributed by atoms with Crippen molar-refractivity contribution in [3.63, 3.8) is 0 Å². The number of carbonyl (C=O) groups excluding carboxylic acids is 2. The smallest absolute Gasteiger partial charge is 0.337 e. The second-order valence-corrected chi connectivity index (χ2v) is 7.36. The molecular formula is C23H19N3O4S. The number of ether oxygens (including phenoxy) is 2. The van der Waals surface area contributed by atoms with Crippen molar-refractivity contribution in [1.29, 1.82) is 5.26 Å². The number of aryl methyl sites for hydroxylation is 1. The molecule has 2 aromatic carbocycles. The number of rotatable bonds is 6. The quantitative estimate of drug-likeness (QED) is 0.445. The monoisotopic (exact) mass is 433 g/mol. The lowest BCUT2D eigenvalue weighted by Crippen LogP contribution is -2.07. The Morgan fingerprint density at radius 1 is 1.06 bits per heavy atom. The highest BCUT2D eigenvalue weighted by atomic mass is 32.1. The van der Waals surface area contributed by atoms with Crippen LogP contribution in [0.5, 0.6) is 0 Å². The predicted molar refractivity (Wildman–Crippen MR) is 119 cm³/mol. The summed E-state index contributed by atoms with van der Waals surface area (Å²) in [5.41, 5.74) is 3.99. The number of hydrogen-bond acceptors (Lipinski definition) is 8. The number of allylic oxidation sites excluding steroid dienone is 1. The highest BCUT2D eigenvalue weighted by Gasteiger charge is 2.14. The molecule has 0 radical (unpaired) electrons. The maximum Gasteiger partial charge on any atom is 0.337 e. The number of esters is 2. The first-order valence-electron chi connectivity index (χ1n) is 9.16. The van der Waals surface area contributed by atoms with Crippen LogP contribution in [0.15, 0.2) is 54.0 Å². The minimum absolute atomic E-state index is 0.177. The van der Waals surface area contributed by atoms with Gasteiger partial charge in [-0.05, 0) is 25.1 Å². The number of nitrogens with one attached hydrogen (secondary N) is 1. The number of thiazole rings is 1. The van der Waals surface area contributed by atoms with E-state index in [1.54, 1.807) is 0 Å². The molecule has 0 atom stereocenters. The van der Waals surface area contributed by atoms with Crippen LogP contribution in [-0.4, -0.2) is 31.1 Å². The van der Waals surface area contributed by atoms with Crippen molar-refractivity contribution in [2.24, 2.45) is 0 Å². The minimum Gasteiger partial charge on any atom is -0.465 e. The summed E-state index contributed by atoms with van der Waals surface area (Å²) < 4.78 is 9.47. The molecule has 3 aromatic rings. The van der Waals surface area contributed by atoms with Crippen molar-refractivity contribution in [1.82, 2.24) is 4.98 Å². The second-order valence-electron chi connectivity index (χ2n) is 6.50. The number of nitrogens with zero attached hydrogens (tertiary/aromatic N) is 2. The molecule has 8 heteroatoms. The molecule has 0 fully saturated rings. The van der Waals surface area contributed by atoms with Crippen molar-refractivity contribution in [2.75, 3.05) is 19.5 Å². The second kappa shape index (κ2) is 9.69. The zero-order chi connectivity index (χ0) is 22.4. The van der Waals surface area contributed by atoms with E-state index in [0.717, 1.165) is 16.8 Å². The standard InChI is InChI=1S/C23H19N3O4S/c1-14-4-6-15(7-5-14)20-13-31-21(26-20)18(11-24)12-25-19-9-16(22(27)29-2)8-17(10-19)23(28)30-3/h4-10,12-13,25H,1-3H3/b18-12-. The summed E-state index contributed by atoms with van der Waals surface area (Å²) in [5, 5.41) is 15.0. The van der Waals surface area contributed by atoms with Crippen LogP contribution in [0.25, 0.3) is 16.8 Å². The van der Waals surface area contributed by atoms with Gasteiger partial charge in [-0.15, -0.1) is 11.3 Å². The molecule has 0 spiro atoms. The van der Waals surface area contributed by atoms with Gasteiger partial charge in [0.05, 0.1) is 31.0 Å². The zero-order valence-corrected chi connectivity index (χ0v) is 17.9. The van der Waals surface area contributed by atoms with Crippen molar-refractivity contribution in [2.45, 2.75) is 6.92 Å². The fraction of sp³-hybridized carbons (Fsp3) is 0.130. The molecule has 0 bridgehead atoms. The Labute approximate surface area is 183 Å². The Balaban J connectivity index is 1.89. The van der Waals surface area contributed by atoms with Crippen LogP contribution in [0.4, 0.5) is 5.69 Å².